The number of anilines is 1. The van der Waals surface area contributed by atoms with E-state index in [9.17, 15) is 9.59 Å². The van der Waals surface area contributed by atoms with E-state index in [1.165, 1.54) is 0 Å². The molecule has 7 heteroatoms. The summed E-state index contributed by atoms with van der Waals surface area (Å²) in [5.41, 5.74) is 1.86. The zero-order valence-corrected chi connectivity index (χ0v) is 13.1. The maximum atomic E-state index is 12.4. The highest BCUT2D eigenvalue weighted by molar-refractivity contribution is 6.00. The van der Waals surface area contributed by atoms with Crippen molar-refractivity contribution in [2.45, 2.75) is 12.5 Å². The van der Waals surface area contributed by atoms with Crippen LogP contribution in [0.15, 0.2) is 61.3 Å². The number of imidazole rings is 1. The number of hydrogen-bond acceptors (Lipinski definition) is 5. The van der Waals surface area contributed by atoms with Crippen LogP contribution in [-0.2, 0) is 16.0 Å². The van der Waals surface area contributed by atoms with Crippen LogP contribution in [0, 0.1) is 0 Å². The topological polar surface area (TPSA) is 86.1 Å². The Hall–Kier alpha value is -3.48. The standard InChI is InChI=1S/C18H14N4O3/c23-17(15-9-12-3-1-2-4-14(12)18(24)25-15)21-13-5-6-16(20-10-13)22-8-7-19-11-22/h1-8,10-11,15H,9H2,(H,21,23). The highest BCUT2D eigenvalue weighted by Gasteiger charge is 2.31. The van der Waals surface area contributed by atoms with Gasteiger partial charge in [-0.3, -0.25) is 9.36 Å². The number of amides is 1. The van der Waals surface area contributed by atoms with Gasteiger partial charge in [0.15, 0.2) is 6.10 Å². The Labute approximate surface area is 143 Å². The molecule has 1 atom stereocenters. The second kappa shape index (κ2) is 6.20. The Kier molecular flexibility index (Phi) is 3.74. The van der Waals surface area contributed by atoms with Crippen molar-refractivity contribution < 1.29 is 14.3 Å². The van der Waals surface area contributed by atoms with E-state index in [2.05, 4.69) is 15.3 Å². The number of ether oxygens (including phenoxy) is 1. The molecule has 1 N–H and O–H groups in total. The molecule has 25 heavy (non-hydrogen) atoms. The van der Waals surface area contributed by atoms with Gasteiger partial charge in [-0.05, 0) is 23.8 Å². The summed E-state index contributed by atoms with van der Waals surface area (Å²) in [6, 6.07) is 10.6. The Balaban J connectivity index is 1.47. The first-order valence-electron chi connectivity index (χ1n) is 7.75. The van der Waals surface area contributed by atoms with Gasteiger partial charge in [0.2, 0.25) is 0 Å². The maximum Gasteiger partial charge on any atom is 0.339 e. The first-order valence-corrected chi connectivity index (χ1v) is 7.75. The molecule has 0 aliphatic carbocycles. The zero-order valence-electron chi connectivity index (χ0n) is 13.1. The minimum atomic E-state index is -0.851. The van der Waals surface area contributed by atoms with Gasteiger partial charge in [0.05, 0.1) is 17.4 Å². The largest absolute Gasteiger partial charge is 0.448 e. The van der Waals surface area contributed by atoms with Crippen molar-refractivity contribution >= 4 is 17.6 Å². The molecule has 3 aromatic rings. The van der Waals surface area contributed by atoms with Crippen LogP contribution in [0.5, 0.6) is 0 Å². The molecule has 0 saturated carbocycles. The normalized spacial score (nSPS) is 16.0. The SMILES string of the molecule is O=C1OC(C(=O)Nc2ccc(-n3ccnc3)nc2)Cc2ccccc21. The van der Waals surface area contributed by atoms with Crippen LogP contribution in [0.4, 0.5) is 5.69 Å². The number of nitrogens with one attached hydrogen (secondary N) is 1. The number of fused-ring (bicyclic) bond motifs is 1. The molecule has 0 fully saturated rings. The van der Waals surface area contributed by atoms with Crippen molar-refractivity contribution in [3.8, 4) is 5.82 Å². The summed E-state index contributed by atoms with van der Waals surface area (Å²) in [5, 5.41) is 2.73. The number of pyridine rings is 1. The predicted octanol–water partition coefficient (Wildman–Crippen LogP) is 1.99. The molecular formula is C18H14N4O3. The molecule has 2 aromatic heterocycles. The smallest absolute Gasteiger partial charge is 0.339 e. The van der Waals surface area contributed by atoms with Gasteiger partial charge in [0, 0.05) is 18.8 Å². The van der Waals surface area contributed by atoms with E-state index in [1.807, 2.05) is 12.1 Å². The molecule has 0 radical (unpaired) electrons. The van der Waals surface area contributed by atoms with Crippen molar-refractivity contribution in [2.24, 2.45) is 0 Å². The number of carbonyl (C=O) groups excluding carboxylic acids is 2. The van der Waals surface area contributed by atoms with E-state index in [0.717, 1.165) is 5.56 Å². The van der Waals surface area contributed by atoms with E-state index in [-0.39, 0.29) is 5.91 Å². The van der Waals surface area contributed by atoms with Gasteiger partial charge in [-0.15, -0.1) is 0 Å². The molecule has 124 valence electrons. The molecule has 0 bridgehead atoms. The number of esters is 1. The summed E-state index contributed by atoms with van der Waals surface area (Å²) in [7, 11) is 0. The highest BCUT2D eigenvalue weighted by Crippen LogP contribution is 2.21. The average molecular weight is 334 g/mol. The summed E-state index contributed by atoms with van der Waals surface area (Å²) in [6.45, 7) is 0. The van der Waals surface area contributed by atoms with E-state index >= 15 is 0 Å². The first kappa shape index (κ1) is 15.1. The number of carbonyl (C=O) groups is 2. The summed E-state index contributed by atoms with van der Waals surface area (Å²) in [4.78, 5) is 32.6. The number of benzene rings is 1. The summed E-state index contributed by atoms with van der Waals surface area (Å²) in [5.74, 6) is -0.163. The Bertz CT molecular complexity index is 920. The van der Waals surface area contributed by atoms with Crippen LogP contribution < -0.4 is 5.32 Å². The van der Waals surface area contributed by atoms with Gasteiger partial charge in [-0.1, -0.05) is 18.2 Å². The third kappa shape index (κ3) is 2.99. The molecule has 0 saturated heterocycles. The lowest BCUT2D eigenvalue weighted by atomic mass is 9.98. The Morgan fingerprint density at radius 2 is 2.12 bits per heavy atom. The van der Waals surface area contributed by atoms with Crippen LogP contribution in [-0.4, -0.2) is 32.5 Å². The zero-order chi connectivity index (χ0) is 17.2. The van der Waals surface area contributed by atoms with Crippen LogP contribution in [0.1, 0.15) is 15.9 Å². The van der Waals surface area contributed by atoms with Crippen LogP contribution in [0.25, 0.3) is 5.82 Å². The van der Waals surface area contributed by atoms with Gasteiger partial charge >= 0.3 is 5.97 Å². The third-order valence-corrected chi connectivity index (χ3v) is 3.97. The molecule has 1 aliphatic rings. The fourth-order valence-electron chi connectivity index (χ4n) is 2.71. The van der Waals surface area contributed by atoms with E-state index in [4.69, 9.17) is 4.74 Å². The van der Waals surface area contributed by atoms with Crippen LogP contribution in [0.2, 0.25) is 0 Å². The van der Waals surface area contributed by atoms with E-state index in [1.54, 1.807) is 53.8 Å². The second-order valence-electron chi connectivity index (χ2n) is 5.62. The van der Waals surface area contributed by atoms with Crippen molar-refractivity contribution in [2.75, 3.05) is 5.32 Å². The fraction of sp³-hybridized carbons (Fsp3) is 0.111. The molecule has 1 aromatic carbocycles. The monoisotopic (exact) mass is 334 g/mol. The van der Waals surface area contributed by atoms with Gasteiger partial charge in [0.25, 0.3) is 5.91 Å². The van der Waals surface area contributed by atoms with Crippen molar-refractivity contribution in [3.05, 3.63) is 72.4 Å². The van der Waals surface area contributed by atoms with Crippen LogP contribution in [0.3, 0.4) is 0 Å². The molecular weight excluding hydrogens is 320 g/mol. The molecule has 0 spiro atoms. The van der Waals surface area contributed by atoms with Crippen molar-refractivity contribution in [1.82, 2.24) is 14.5 Å². The number of aromatic nitrogens is 3. The second-order valence-corrected chi connectivity index (χ2v) is 5.62. The van der Waals surface area contributed by atoms with Crippen molar-refractivity contribution in [3.63, 3.8) is 0 Å². The molecule has 4 rings (SSSR count). The summed E-state index contributed by atoms with van der Waals surface area (Å²) < 4.78 is 7.00. The van der Waals surface area contributed by atoms with Gasteiger partial charge < -0.3 is 10.1 Å². The number of nitrogens with zero attached hydrogens (tertiary/aromatic N) is 3. The molecule has 1 amide bonds. The van der Waals surface area contributed by atoms with Gasteiger partial charge in [0.1, 0.15) is 12.1 Å². The minimum Gasteiger partial charge on any atom is -0.448 e. The third-order valence-electron chi connectivity index (χ3n) is 3.97. The predicted molar refractivity (Wildman–Crippen MR) is 89.3 cm³/mol. The lowest BCUT2D eigenvalue weighted by Gasteiger charge is -2.23. The fourth-order valence-corrected chi connectivity index (χ4v) is 2.71. The lowest BCUT2D eigenvalue weighted by Crippen LogP contribution is -2.38. The van der Waals surface area contributed by atoms with Crippen LogP contribution >= 0.6 is 0 Å². The number of rotatable bonds is 3. The molecule has 3 heterocycles. The minimum absolute atomic E-state index is 0.355. The van der Waals surface area contributed by atoms with E-state index in [0.29, 0.717) is 23.5 Å². The Morgan fingerprint density at radius 1 is 1.24 bits per heavy atom. The molecule has 1 unspecified atom stereocenters. The summed E-state index contributed by atoms with van der Waals surface area (Å²) in [6.07, 6.45) is 6.13. The maximum absolute atomic E-state index is 12.4. The Morgan fingerprint density at radius 3 is 2.88 bits per heavy atom. The summed E-state index contributed by atoms with van der Waals surface area (Å²) >= 11 is 0. The van der Waals surface area contributed by atoms with Gasteiger partial charge in [-0.2, -0.15) is 0 Å². The molecule has 7 nitrogen and oxygen atoms in total. The van der Waals surface area contributed by atoms with E-state index < -0.39 is 12.1 Å². The lowest BCUT2D eigenvalue weighted by molar-refractivity contribution is -0.125. The van der Waals surface area contributed by atoms with Crippen molar-refractivity contribution in [1.29, 1.82) is 0 Å². The quantitative estimate of drug-likeness (QED) is 0.740. The highest BCUT2D eigenvalue weighted by atomic mass is 16.5. The van der Waals surface area contributed by atoms with Gasteiger partial charge in [-0.25, -0.2) is 14.8 Å². The molecule has 1 aliphatic heterocycles. The number of cyclic esters (lactones) is 1. The average Bonchev–Trinajstić information content (AvgIpc) is 3.17. The number of hydrogen-bond donors (Lipinski definition) is 1. The first-order chi connectivity index (χ1) is 12.2.